The first-order valence-electron chi connectivity index (χ1n) is 13.7. The van der Waals surface area contributed by atoms with Gasteiger partial charge in [-0.1, -0.05) is 27.7 Å². The highest BCUT2D eigenvalue weighted by Gasteiger charge is 2.61. The van der Waals surface area contributed by atoms with Gasteiger partial charge in [-0.15, -0.1) is 0 Å². The first-order chi connectivity index (χ1) is 19.0. The first kappa shape index (κ1) is 34.8. The largest absolute Gasteiger partial charge is 0.394 e. The van der Waals surface area contributed by atoms with E-state index < -0.39 is 128 Å². The minimum absolute atomic E-state index is 0.707. The van der Waals surface area contributed by atoms with Crippen molar-refractivity contribution in [3.63, 3.8) is 0 Å². The van der Waals surface area contributed by atoms with Crippen LogP contribution in [0.5, 0.6) is 0 Å². The number of hydrogen-bond acceptors (Lipinski definition) is 16. The second-order valence-corrected chi connectivity index (χ2v) is 12.6. The van der Waals surface area contributed by atoms with Crippen molar-refractivity contribution < 1.29 is 75.6 Å². The Labute approximate surface area is 237 Å². The fraction of sp³-hybridized carbons (Fsp3) is 1.00. The molecule has 0 aromatic heterocycles. The maximum absolute atomic E-state index is 11.4. The predicted molar refractivity (Wildman–Crippen MR) is 135 cm³/mol. The van der Waals surface area contributed by atoms with E-state index in [4.69, 9.17) is 14.3 Å². The Morgan fingerprint density at radius 2 is 0.878 bits per heavy atom. The van der Waals surface area contributed by atoms with Gasteiger partial charge in [-0.3, -0.25) is 4.84 Å². The molecule has 11 unspecified atom stereocenters. The first-order valence-corrected chi connectivity index (χ1v) is 13.7. The molecule has 3 saturated heterocycles. The molecule has 0 spiro atoms. The summed E-state index contributed by atoms with van der Waals surface area (Å²) in [5.41, 5.74) is -0.842. The number of ether oxygens (including phenoxy) is 2. The van der Waals surface area contributed by atoms with Gasteiger partial charge in [0.05, 0.1) is 50.3 Å². The van der Waals surface area contributed by atoms with Crippen LogP contribution in [-0.2, 0) is 14.3 Å². The molecule has 0 saturated carbocycles. The number of rotatable bonds is 7. The lowest BCUT2D eigenvalue weighted by Gasteiger charge is -2.51. The Morgan fingerprint density at radius 3 is 1.34 bits per heavy atom. The third-order valence-electron chi connectivity index (χ3n) is 9.32. The van der Waals surface area contributed by atoms with Crippen molar-refractivity contribution in [1.29, 1.82) is 0 Å². The molecule has 0 radical (unpaired) electrons. The summed E-state index contributed by atoms with van der Waals surface area (Å²) < 4.78 is 11.9. The van der Waals surface area contributed by atoms with Gasteiger partial charge in [0.2, 0.25) is 0 Å². The molecule has 3 aliphatic heterocycles. The molecule has 3 heterocycles. The molecule has 0 aliphatic carbocycles. The van der Waals surface area contributed by atoms with Crippen LogP contribution in [0.25, 0.3) is 0 Å². The third-order valence-corrected chi connectivity index (χ3v) is 9.32. The normalized spacial score (nSPS) is 48.9. The highest BCUT2D eigenvalue weighted by atomic mass is 16.7. The molecule has 242 valence electrons. The van der Waals surface area contributed by atoms with Crippen LogP contribution in [0.3, 0.4) is 0 Å². The maximum Gasteiger partial charge on any atom is 0.155 e. The summed E-state index contributed by atoms with van der Waals surface area (Å²) in [7, 11) is 0. The summed E-state index contributed by atoms with van der Waals surface area (Å²) in [6, 6.07) is 0. The summed E-state index contributed by atoms with van der Waals surface area (Å²) in [6.45, 7) is 3.71. The van der Waals surface area contributed by atoms with E-state index in [1.165, 1.54) is 27.7 Å². The number of hydrogen-bond donors (Lipinski definition) is 13. The molecule has 3 fully saturated rings. The lowest BCUT2D eigenvalue weighted by Crippen LogP contribution is -2.65. The molecule has 0 aromatic rings. The van der Waals surface area contributed by atoms with Crippen molar-refractivity contribution in [2.45, 2.75) is 113 Å². The van der Waals surface area contributed by atoms with Gasteiger partial charge in [0, 0.05) is 22.7 Å². The molecular formula is C25H47NO15. The molecular weight excluding hydrogens is 554 g/mol. The number of aliphatic hydroxyl groups is 12. The Bertz CT molecular complexity index is 848. The van der Waals surface area contributed by atoms with Crippen LogP contribution in [0.1, 0.15) is 27.7 Å². The number of nitrogens with one attached hydrogen (secondary N) is 1. The maximum atomic E-state index is 11.4. The van der Waals surface area contributed by atoms with Crippen molar-refractivity contribution in [3.8, 4) is 0 Å². The van der Waals surface area contributed by atoms with E-state index in [1.54, 1.807) is 0 Å². The summed E-state index contributed by atoms with van der Waals surface area (Å²) in [5, 5.41) is 127. The standard InChI is InChI=1S/C25H47NO15/c1-24(2,22-18(35)16(33)13(30)10(7-29)40-22)11-8(5-27)39-21(19(36)17(34)14(11)31)25(3,4)12-9(6-28)41-26-23(38)20(37)15(12)32/h8-23,26-38H,5-7H2,1-4H3/t8?,9?,10?,11?,12?,13-,14-,15-,16?,17?,18?,19?,20?,21-,22-,23?/m1/s1. The van der Waals surface area contributed by atoms with Crippen LogP contribution >= 0.6 is 0 Å². The van der Waals surface area contributed by atoms with Crippen LogP contribution in [0, 0.1) is 22.7 Å². The highest BCUT2D eigenvalue weighted by molar-refractivity contribution is 5.08. The van der Waals surface area contributed by atoms with E-state index in [2.05, 4.69) is 5.48 Å². The summed E-state index contributed by atoms with van der Waals surface area (Å²) >= 11 is 0. The van der Waals surface area contributed by atoms with Crippen molar-refractivity contribution in [3.05, 3.63) is 0 Å². The predicted octanol–water partition coefficient (Wildman–Crippen LogP) is -6.11. The molecule has 16 atom stereocenters. The van der Waals surface area contributed by atoms with Gasteiger partial charge in [0.15, 0.2) is 6.23 Å². The monoisotopic (exact) mass is 601 g/mol. The Kier molecular flexibility index (Phi) is 11.2. The fourth-order valence-electron chi connectivity index (χ4n) is 6.94. The molecule has 3 rings (SSSR count). The van der Waals surface area contributed by atoms with E-state index in [1.807, 2.05) is 0 Å². The van der Waals surface area contributed by atoms with Crippen molar-refractivity contribution in [2.75, 3.05) is 19.8 Å². The molecule has 3 aliphatic rings. The number of aliphatic hydroxyl groups excluding tert-OH is 12. The fourth-order valence-corrected chi connectivity index (χ4v) is 6.94. The van der Waals surface area contributed by atoms with Gasteiger partial charge < -0.3 is 70.8 Å². The highest BCUT2D eigenvalue weighted by Crippen LogP contribution is 2.49. The summed E-state index contributed by atoms with van der Waals surface area (Å²) in [5.74, 6) is -2.57. The molecule has 41 heavy (non-hydrogen) atoms. The zero-order chi connectivity index (χ0) is 31.2. The topological polar surface area (TPSA) is 282 Å². The molecule has 16 heteroatoms. The van der Waals surface area contributed by atoms with Gasteiger partial charge >= 0.3 is 0 Å². The van der Waals surface area contributed by atoms with Crippen molar-refractivity contribution >= 4 is 0 Å². The van der Waals surface area contributed by atoms with Crippen LogP contribution in [0.15, 0.2) is 0 Å². The van der Waals surface area contributed by atoms with E-state index in [0.717, 1.165) is 0 Å². The molecule has 0 bridgehead atoms. The minimum Gasteiger partial charge on any atom is -0.394 e. The Balaban J connectivity index is 2.04. The van der Waals surface area contributed by atoms with Gasteiger partial charge in [-0.2, -0.15) is 5.48 Å². The van der Waals surface area contributed by atoms with Crippen LogP contribution in [-0.4, -0.2) is 167 Å². The smallest absolute Gasteiger partial charge is 0.155 e. The second kappa shape index (κ2) is 13.2. The SMILES string of the molecule is CC(C)(C1C(CO)ONC(O)C(O)[C@@H]1O)[C@@H]1OC(CO)C(C(C)(C)[C@@H]2OC(CO)[C@@H](O)C(O)C2O)[C@@H](O)C(O)C1O. The summed E-state index contributed by atoms with van der Waals surface area (Å²) in [4.78, 5) is 5.29. The molecule has 0 aromatic carbocycles. The second-order valence-electron chi connectivity index (χ2n) is 12.6. The van der Waals surface area contributed by atoms with E-state index in [9.17, 15) is 61.3 Å². The van der Waals surface area contributed by atoms with Gasteiger partial charge in [-0.05, 0) is 0 Å². The lowest BCUT2D eigenvalue weighted by atomic mass is 9.64. The molecule has 0 amide bonds. The molecule has 13 N–H and O–H groups in total. The average molecular weight is 602 g/mol. The zero-order valence-corrected chi connectivity index (χ0v) is 23.5. The zero-order valence-electron chi connectivity index (χ0n) is 23.5. The Hall–Kier alpha value is -0.640. The number of hydroxylamine groups is 1. The molecule has 16 nitrogen and oxygen atoms in total. The van der Waals surface area contributed by atoms with Crippen molar-refractivity contribution in [2.24, 2.45) is 22.7 Å². The van der Waals surface area contributed by atoms with Gasteiger partial charge in [0.25, 0.3) is 0 Å². The minimum atomic E-state index is -1.95. The van der Waals surface area contributed by atoms with Crippen LogP contribution in [0.4, 0.5) is 0 Å². The Morgan fingerprint density at radius 1 is 0.488 bits per heavy atom. The van der Waals surface area contributed by atoms with Gasteiger partial charge in [-0.25, -0.2) is 0 Å². The quantitative estimate of drug-likeness (QED) is 0.129. The lowest BCUT2D eigenvalue weighted by molar-refractivity contribution is -0.271. The van der Waals surface area contributed by atoms with Gasteiger partial charge in [0.1, 0.15) is 48.8 Å². The third kappa shape index (κ3) is 6.17. The van der Waals surface area contributed by atoms with Crippen LogP contribution in [0.2, 0.25) is 0 Å². The van der Waals surface area contributed by atoms with E-state index in [0.29, 0.717) is 0 Å². The van der Waals surface area contributed by atoms with E-state index in [-0.39, 0.29) is 0 Å². The average Bonchev–Trinajstić information content (AvgIpc) is 3.10. The van der Waals surface area contributed by atoms with Crippen molar-refractivity contribution in [1.82, 2.24) is 5.48 Å². The van der Waals surface area contributed by atoms with E-state index >= 15 is 0 Å². The van der Waals surface area contributed by atoms with Crippen LogP contribution < -0.4 is 5.48 Å². The summed E-state index contributed by atoms with van der Waals surface area (Å²) in [6.07, 6.45) is -22.9.